The Morgan fingerprint density at radius 2 is 2.27 bits per heavy atom. The predicted octanol–water partition coefficient (Wildman–Crippen LogP) is 2.25. The van der Waals surface area contributed by atoms with Crippen molar-refractivity contribution >= 4 is 17.1 Å². The fourth-order valence-corrected chi connectivity index (χ4v) is 2.75. The molecule has 0 unspecified atom stereocenters. The second-order valence-electron chi connectivity index (χ2n) is 4.49. The monoisotopic (exact) mass is 223 g/mol. The van der Waals surface area contributed by atoms with Crippen molar-refractivity contribution in [1.82, 2.24) is 5.32 Å². The van der Waals surface area contributed by atoms with Gasteiger partial charge in [-0.1, -0.05) is 13.0 Å². The van der Waals surface area contributed by atoms with Crippen LogP contribution in [-0.4, -0.2) is 18.9 Å². The quantitative estimate of drug-likeness (QED) is 0.851. The summed E-state index contributed by atoms with van der Waals surface area (Å²) in [7, 11) is 0. The minimum atomic E-state index is -0.0881. The summed E-state index contributed by atoms with van der Waals surface area (Å²) in [5.74, 6) is 0.409. The molecule has 1 aromatic rings. The number of carbonyl (C=O) groups is 1. The third-order valence-corrected chi connectivity index (χ3v) is 4.17. The van der Waals surface area contributed by atoms with Crippen LogP contribution in [0.3, 0.4) is 0 Å². The van der Waals surface area contributed by atoms with Crippen molar-refractivity contribution in [1.29, 1.82) is 0 Å². The highest BCUT2D eigenvalue weighted by molar-refractivity contribution is 7.10. The molecule has 1 aromatic heterocycles. The molecule has 0 amide bonds. The van der Waals surface area contributed by atoms with Crippen LogP contribution in [0.4, 0.5) is 0 Å². The van der Waals surface area contributed by atoms with Crippen LogP contribution in [0.2, 0.25) is 0 Å². The Morgan fingerprint density at radius 1 is 1.53 bits per heavy atom. The number of hydrogen-bond donors (Lipinski definition) is 1. The first-order valence-corrected chi connectivity index (χ1v) is 6.35. The maximum Gasteiger partial charge on any atom is 0.144 e. The predicted molar refractivity (Wildman–Crippen MR) is 63.2 cm³/mol. The Hall–Kier alpha value is -0.670. The van der Waals surface area contributed by atoms with Gasteiger partial charge in [-0.2, -0.15) is 0 Å². The molecule has 0 atom stereocenters. The van der Waals surface area contributed by atoms with Crippen molar-refractivity contribution in [3.8, 4) is 0 Å². The molecule has 1 saturated heterocycles. The van der Waals surface area contributed by atoms with Gasteiger partial charge in [0.05, 0.1) is 0 Å². The summed E-state index contributed by atoms with van der Waals surface area (Å²) < 4.78 is 0. The van der Waals surface area contributed by atoms with E-state index in [0.29, 0.717) is 12.2 Å². The van der Waals surface area contributed by atoms with Crippen molar-refractivity contribution in [2.45, 2.75) is 26.2 Å². The average Bonchev–Trinajstić information content (AvgIpc) is 2.71. The average molecular weight is 223 g/mol. The van der Waals surface area contributed by atoms with E-state index < -0.39 is 0 Å². The third kappa shape index (κ3) is 2.47. The molecule has 0 radical (unpaired) electrons. The van der Waals surface area contributed by atoms with Gasteiger partial charge >= 0.3 is 0 Å². The van der Waals surface area contributed by atoms with Crippen LogP contribution in [0.15, 0.2) is 17.5 Å². The van der Waals surface area contributed by atoms with Gasteiger partial charge in [0.25, 0.3) is 0 Å². The molecule has 1 aliphatic rings. The Bertz CT molecular complexity index is 325. The molecule has 82 valence electrons. The number of thiophene rings is 1. The van der Waals surface area contributed by atoms with E-state index in [1.54, 1.807) is 11.3 Å². The normalized spacial score (nSPS) is 20.1. The molecule has 0 aliphatic carbocycles. The Balaban J connectivity index is 2.00. The van der Waals surface area contributed by atoms with Gasteiger partial charge in [0.2, 0.25) is 0 Å². The van der Waals surface area contributed by atoms with Crippen molar-refractivity contribution in [3.63, 3.8) is 0 Å². The molecule has 1 fully saturated rings. The number of piperidine rings is 1. The minimum absolute atomic E-state index is 0.0881. The Labute approximate surface area is 94.7 Å². The van der Waals surface area contributed by atoms with Crippen molar-refractivity contribution in [2.75, 3.05) is 13.1 Å². The van der Waals surface area contributed by atoms with Gasteiger partial charge in [-0.05, 0) is 37.4 Å². The smallest absolute Gasteiger partial charge is 0.144 e. The largest absolute Gasteiger partial charge is 0.317 e. The third-order valence-electron chi connectivity index (χ3n) is 3.30. The maximum atomic E-state index is 12.2. The summed E-state index contributed by atoms with van der Waals surface area (Å²) in [6, 6.07) is 4.06. The second kappa shape index (κ2) is 4.45. The van der Waals surface area contributed by atoms with Gasteiger partial charge in [0.15, 0.2) is 0 Å². The zero-order valence-corrected chi connectivity index (χ0v) is 9.90. The molecule has 2 heterocycles. The van der Waals surface area contributed by atoms with Crippen LogP contribution in [0, 0.1) is 5.41 Å². The van der Waals surface area contributed by atoms with E-state index in [4.69, 9.17) is 0 Å². The molecule has 1 N–H and O–H groups in total. The molecule has 0 aromatic carbocycles. The van der Waals surface area contributed by atoms with E-state index in [9.17, 15) is 4.79 Å². The van der Waals surface area contributed by atoms with Crippen LogP contribution in [-0.2, 0) is 11.2 Å². The SMILES string of the molecule is CC1(C(=O)Cc2cccs2)CCNCC1. The standard InChI is InChI=1S/C12H17NOS/c1-12(4-6-13-7-5-12)11(14)9-10-3-2-8-15-10/h2-3,8,13H,4-7,9H2,1H3. The lowest BCUT2D eigenvalue weighted by atomic mass is 9.76. The fourth-order valence-electron chi connectivity index (χ4n) is 2.04. The van der Waals surface area contributed by atoms with Gasteiger partial charge in [-0.25, -0.2) is 0 Å². The first-order chi connectivity index (χ1) is 7.21. The summed E-state index contributed by atoms with van der Waals surface area (Å²) in [6.45, 7) is 4.07. The zero-order chi connectivity index (χ0) is 10.7. The number of rotatable bonds is 3. The number of carbonyl (C=O) groups excluding carboxylic acids is 1. The molecule has 2 nitrogen and oxygen atoms in total. The van der Waals surface area contributed by atoms with Gasteiger partial charge in [-0.15, -0.1) is 11.3 Å². The van der Waals surface area contributed by atoms with Gasteiger partial charge < -0.3 is 5.32 Å². The highest BCUT2D eigenvalue weighted by Gasteiger charge is 2.33. The molecule has 3 heteroatoms. The summed E-state index contributed by atoms with van der Waals surface area (Å²) >= 11 is 1.68. The summed E-state index contributed by atoms with van der Waals surface area (Å²) in [5.41, 5.74) is -0.0881. The highest BCUT2D eigenvalue weighted by Crippen LogP contribution is 2.30. The van der Waals surface area contributed by atoms with Crippen molar-refractivity contribution < 1.29 is 4.79 Å². The first kappa shape index (κ1) is 10.8. The van der Waals surface area contributed by atoms with Crippen LogP contribution in [0.1, 0.15) is 24.6 Å². The van der Waals surface area contributed by atoms with E-state index in [0.717, 1.165) is 25.9 Å². The highest BCUT2D eigenvalue weighted by atomic mass is 32.1. The lowest BCUT2D eigenvalue weighted by Crippen LogP contribution is -2.40. The summed E-state index contributed by atoms with van der Waals surface area (Å²) in [4.78, 5) is 13.4. The molecule has 2 rings (SSSR count). The maximum absolute atomic E-state index is 12.2. The van der Waals surface area contributed by atoms with Gasteiger partial charge in [0.1, 0.15) is 5.78 Å². The van der Waals surface area contributed by atoms with Crippen molar-refractivity contribution in [3.05, 3.63) is 22.4 Å². The Morgan fingerprint density at radius 3 is 2.87 bits per heavy atom. The number of ketones is 1. The zero-order valence-electron chi connectivity index (χ0n) is 9.08. The lowest BCUT2D eigenvalue weighted by molar-refractivity contribution is -0.128. The fraction of sp³-hybridized carbons (Fsp3) is 0.583. The number of hydrogen-bond acceptors (Lipinski definition) is 3. The van der Waals surface area contributed by atoms with E-state index in [-0.39, 0.29) is 5.41 Å². The van der Waals surface area contributed by atoms with E-state index >= 15 is 0 Å². The van der Waals surface area contributed by atoms with E-state index in [1.165, 1.54) is 4.88 Å². The second-order valence-corrected chi connectivity index (χ2v) is 5.52. The summed E-state index contributed by atoms with van der Waals surface area (Å²) in [6.07, 6.45) is 2.59. The van der Waals surface area contributed by atoms with Crippen LogP contribution in [0.5, 0.6) is 0 Å². The molecule has 0 saturated carbocycles. The molecular formula is C12H17NOS. The Kier molecular flexibility index (Phi) is 3.22. The lowest BCUT2D eigenvalue weighted by Gasteiger charge is -2.32. The van der Waals surface area contributed by atoms with Crippen LogP contribution in [0.25, 0.3) is 0 Å². The van der Waals surface area contributed by atoms with E-state index in [1.807, 2.05) is 17.5 Å². The summed E-state index contributed by atoms with van der Waals surface area (Å²) in [5, 5.41) is 5.34. The number of Topliss-reactive ketones (excluding diaryl/α,β-unsaturated/α-hetero) is 1. The van der Waals surface area contributed by atoms with Gasteiger partial charge in [-0.3, -0.25) is 4.79 Å². The first-order valence-electron chi connectivity index (χ1n) is 5.47. The molecular weight excluding hydrogens is 206 g/mol. The number of nitrogens with one attached hydrogen (secondary N) is 1. The van der Waals surface area contributed by atoms with E-state index in [2.05, 4.69) is 12.2 Å². The van der Waals surface area contributed by atoms with Crippen LogP contribution >= 0.6 is 11.3 Å². The topological polar surface area (TPSA) is 29.1 Å². The van der Waals surface area contributed by atoms with Crippen LogP contribution < -0.4 is 5.32 Å². The van der Waals surface area contributed by atoms with Crippen molar-refractivity contribution in [2.24, 2.45) is 5.41 Å². The minimum Gasteiger partial charge on any atom is -0.317 e. The molecule has 15 heavy (non-hydrogen) atoms. The molecule has 0 bridgehead atoms. The van der Waals surface area contributed by atoms with Gasteiger partial charge in [0, 0.05) is 16.7 Å². The molecule has 0 spiro atoms. The molecule has 1 aliphatic heterocycles.